The highest BCUT2D eigenvalue weighted by Crippen LogP contribution is 2.29. The van der Waals surface area contributed by atoms with Gasteiger partial charge in [-0.25, -0.2) is 4.98 Å². The number of nitrogen functional groups attached to an aromatic ring is 1. The number of hydrogen-bond acceptors (Lipinski definition) is 4. The second-order valence-corrected chi connectivity index (χ2v) is 4.70. The molecule has 0 unspecified atom stereocenters. The standard InChI is InChI=1S/C10H8ClN3OS/c11-8-2-6(4-16-8)5-1-7(10(13)15)9(12)14-3-5/h1-4H,(H2,12,14)(H2,13,15). The summed E-state index contributed by atoms with van der Waals surface area (Å²) in [5.41, 5.74) is 12.6. The van der Waals surface area contributed by atoms with Crippen LogP contribution in [0.3, 0.4) is 0 Å². The van der Waals surface area contributed by atoms with Gasteiger partial charge < -0.3 is 11.5 Å². The summed E-state index contributed by atoms with van der Waals surface area (Å²) in [6.07, 6.45) is 1.58. The fourth-order valence-corrected chi connectivity index (χ4v) is 2.18. The van der Waals surface area contributed by atoms with E-state index < -0.39 is 5.91 Å². The van der Waals surface area contributed by atoms with Crippen molar-refractivity contribution in [1.29, 1.82) is 0 Å². The molecule has 2 aromatic heterocycles. The molecule has 82 valence electrons. The summed E-state index contributed by atoms with van der Waals surface area (Å²) in [4.78, 5) is 15.0. The smallest absolute Gasteiger partial charge is 0.252 e. The van der Waals surface area contributed by atoms with Crippen molar-refractivity contribution in [2.45, 2.75) is 0 Å². The number of carbonyl (C=O) groups is 1. The number of hydrogen-bond donors (Lipinski definition) is 2. The zero-order valence-corrected chi connectivity index (χ0v) is 9.68. The van der Waals surface area contributed by atoms with E-state index in [-0.39, 0.29) is 11.4 Å². The SMILES string of the molecule is NC(=O)c1cc(-c2csc(Cl)c2)cnc1N. The lowest BCUT2D eigenvalue weighted by molar-refractivity contribution is 0.100. The van der Waals surface area contributed by atoms with E-state index in [0.29, 0.717) is 4.34 Å². The highest BCUT2D eigenvalue weighted by molar-refractivity contribution is 7.14. The lowest BCUT2D eigenvalue weighted by atomic mass is 10.1. The van der Waals surface area contributed by atoms with Crippen molar-refractivity contribution < 1.29 is 4.79 Å². The summed E-state index contributed by atoms with van der Waals surface area (Å²) in [7, 11) is 0. The van der Waals surface area contributed by atoms with Gasteiger partial charge in [0.15, 0.2) is 0 Å². The normalized spacial score (nSPS) is 10.3. The van der Waals surface area contributed by atoms with Crippen molar-refractivity contribution in [3.05, 3.63) is 33.6 Å². The van der Waals surface area contributed by atoms with Crippen LogP contribution in [0.5, 0.6) is 0 Å². The van der Waals surface area contributed by atoms with E-state index in [0.717, 1.165) is 11.1 Å². The van der Waals surface area contributed by atoms with Gasteiger partial charge in [-0.15, -0.1) is 11.3 Å². The van der Waals surface area contributed by atoms with Crippen molar-refractivity contribution in [3.8, 4) is 11.1 Å². The predicted molar refractivity (Wildman–Crippen MR) is 65.5 cm³/mol. The van der Waals surface area contributed by atoms with Crippen LogP contribution in [-0.4, -0.2) is 10.9 Å². The number of rotatable bonds is 2. The van der Waals surface area contributed by atoms with Gasteiger partial charge in [0, 0.05) is 17.1 Å². The molecule has 0 aliphatic carbocycles. The monoisotopic (exact) mass is 253 g/mol. The van der Waals surface area contributed by atoms with Crippen LogP contribution in [0.4, 0.5) is 5.82 Å². The number of nitrogens with two attached hydrogens (primary N) is 2. The second kappa shape index (κ2) is 4.11. The van der Waals surface area contributed by atoms with Gasteiger partial charge in [-0.1, -0.05) is 11.6 Å². The van der Waals surface area contributed by atoms with E-state index in [1.807, 2.05) is 5.38 Å². The molecule has 16 heavy (non-hydrogen) atoms. The molecule has 0 atom stereocenters. The van der Waals surface area contributed by atoms with Crippen LogP contribution in [0.15, 0.2) is 23.7 Å². The number of carbonyl (C=O) groups excluding carboxylic acids is 1. The Morgan fingerprint density at radius 3 is 2.69 bits per heavy atom. The van der Waals surface area contributed by atoms with E-state index in [9.17, 15) is 4.79 Å². The quantitative estimate of drug-likeness (QED) is 0.860. The number of primary amides is 1. The lowest BCUT2D eigenvalue weighted by Gasteiger charge is -2.03. The fraction of sp³-hybridized carbons (Fsp3) is 0. The molecule has 0 saturated heterocycles. The van der Waals surface area contributed by atoms with Gasteiger partial charge in [0.25, 0.3) is 5.91 Å². The first-order valence-corrected chi connectivity index (χ1v) is 5.63. The Bertz CT molecular complexity index is 553. The molecule has 0 spiro atoms. The number of amides is 1. The van der Waals surface area contributed by atoms with Crippen LogP contribution >= 0.6 is 22.9 Å². The Morgan fingerprint density at radius 1 is 1.38 bits per heavy atom. The van der Waals surface area contributed by atoms with Gasteiger partial charge >= 0.3 is 0 Å². The molecule has 0 aliphatic heterocycles. The first kappa shape index (κ1) is 10.9. The third-order valence-electron chi connectivity index (χ3n) is 2.08. The van der Waals surface area contributed by atoms with Crippen molar-refractivity contribution >= 4 is 34.7 Å². The molecular formula is C10H8ClN3OS. The molecule has 0 aromatic carbocycles. The summed E-state index contributed by atoms with van der Waals surface area (Å²) < 4.78 is 0.674. The molecule has 2 heterocycles. The van der Waals surface area contributed by atoms with Crippen molar-refractivity contribution in [3.63, 3.8) is 0 Å². The molecule has 2 rings (SSSR count). The number of halogens is 1. The largest absolute Gasteiger partial charge is 0.383 e. The molecule has 0 radical (unpaired) electrons. The summed E-state index contributed by atoms with van der Waals surface area (Å²) in [6, 6.07) is 3.41. The molecule has 6 heteroatoms. The summed E-state index contributed by atoms with van der Waals surface area (Å²) in [5.74, 6) is -0.453. The average Bonchev–Trinajstić information content (AvgIpc) is 2.65. The van der Waals surface area contributed by atoms with Gasteiger partial charge in [0.1, 0.15) is 5.82 Å². The van der Waals surface area contributed by atoms with E-state index in [1.165, 1.54) is 11.3 Å². The van der Waals surface area contributed by atoms with Gasteiger partial charge in [-0.2, -0.15) is 0 Å². The van der Waals surface area contributed by atoms with E-state index in [4.69, 9.17) is 23.1 Å². The van der Waals surface area contributed by atoms with E-state index in [1.54, 1.807) is 18.3 Å². The molecule has 2 aromatic rings. The minimum absolute atomic E-state index is 0.137. The molecule has 1 amide bonds. The van der Waals surface area contributed by atoms with Crippen molar-refractivity contribution in [1.82, 2.24) is 4.98 Å². The molecule has 0 saturated carbocycles. The number of pyridine rings is 1. The third kappa shape index (κ3) is 2.00. The minimum atomic E-state index is -0.590. The Kier molecular flexibility index (Phi) is 2.80. The molecular weight excluding hydrogens is 246 g/mol. The fourth-order valence-electron chi connectivity index (χ4n) is 1.29. The van der Waals surface area contributed by atoms with Crippen LogP contribution < -0.4 is 11.5 Å². The van der Waals surface area contributed by atoms with Crippen LogP contribution in [-0.2, 0) is 0 Å². The molecule has 4 N–H and O–H groups in total. The number of thiophene rings is 1. The van der Waals surface area contributed by atoms with Crippen LogP contribution in [0, 0.1) is 0 Å². The Balaban J connectivity index is 2.51. The third-order valence-corrected chi connectivity index (χ3v) is 3.18. The number of aromatic nitrogens is 1. The average molecular weight is 254 g/mol. The van der Waals surface area contributed by atoms with Crippen LogP contribution in [0.25, 0.3) is 11.1 Å². The molecule has 0 bridgehead atoms. The predicted octanol–water partition coefficient (Wildman–Crippen LogP) is 2.14. The minimum Gasteiger partial charge on any atom is -0.383 e. The summed E-state index contributed by atoms with van der Waals surface area (Å²) >= 11 is 7.23. The van der Waals surface area contributed by atoms with Gasteiger partial charge in [0.2, 0.25) is 0 Å². The molecule has 4 nitrogen and oxygen atoms in total. The van der Waals surface area contributed by atoms with Gasteiger partial charge in [-0.3, -0.25) is 4.79 Å². The molecule has 0 aliphatic rings. The first-order chi connectivity index (χ1) is 7.58. The number of anilines is 1. The zero-order valence-electron chi connectivity index (χ0n) is 8.11. The topological polar surface area (TPSA) is 82.0 Å². The van der Waals surface area contributed by atoms with Gasteiger partial charge in [-0.05, 0) is 17.7 Å². The van der Waals surface area contributed by atoms with E-state index >= 15 is 0 Å². The number of nitrogens with zero attached hydrogens (tertiary/aromatic N) is 1. The zero-order chi connectivity index (χ0) is 11.7. The summed E-state index contributed by atoms with van der Waals surface area (Å²) in [6.45, 7) is 0. The Morgan fingerprint density at radius 2 is 2.12 bits per heavy atom. The maximum Gasteiger partial charge on any atom is 0.252 e. The summed E-state index contributed by atoms with van der Waals surface area (Å²) in [5, 5.41) is 1.88. The maximum atomic E-state index is 11.1. The molecule has 0 fully saturated rings. The Labute approximate surface area is 101 Å². The second-order valence-electron chi connectivity index (χ2n) is 3.16. The van der Waals surface area contributed by atoms with Crippen LogP contribution in [0.1, 0.15) is 10.4 Å². The lowest BCUT2D eigenvalue weighted by Crippen LogP contribution is -2.14. The first-order valence-electron chi connectivity index (χ1n) is 4.37. The Hall–Kier alpha value is -1.59. The van der Waals surface area contributed by atoms with E-state index in [2.05, 4.69) is 4.98 Å². The van der Waals surface area contributed by atoms with Gasteiger partial charge in [0.05, 0.1) is 9.90 Å². The highest BCUT2D eigenvalue weighted by atomic mass is 35.5. The van der Waals surface area contributed by atoms with Crippen molar-refractivity contribution in [2.24, 2.45) is 5.73 Å². The maximum absolute atomic E-state index is 11.1. The van der Waals surface area contributed by atoms with Crippen LogP contribution in [0.2, 0.25) is 4.34 Å². The van der Waals surface area contributed by atoms with Crippen molar-refractivity contribution in [2.75, 3.05) is 5.73 Å². The highest BCUT2D eigenvalue weighted by Gasteiger charge is 2.10.